The van der Waals surface area contributed by atoms with Crippen molar-refractivity contribution in [3.63, 3.8) is 0 Å². The summed E-state index contributed by atoms with van der Waals surface area (Å²) in [6, 6.07) is 0. The second kappa shape index (κ2) is 6.68. The van der Waals surface area contributed by atoms with Gasteiger partial charge < -0.3 is 9.47 Å². The minimum Gasteiger partial charge on any atom is -0.378 e. The van der Waals surface area contributed by atoms with E-state index in [0.29, 0.717) is 12.0 Å². The van der Waals surface area contributed by atoms with E-state index in [-0.39, 0.29) is 0 Å². The first kappa shape index (κ1) is 11.3. The molecule has 1 saturated heterocycles. The van der Waals surface area contributed by atoms with Crippen LogP contribution in [-0.4, -0.2) is 31.7 Å². The maximum atomic E-state index is 5.55. The summed E-state index contributed by atoms with van der Waals surface area (Å²) in [5, 5.41) is 0. The van der Waals surface area contributed by atoms with Crippen molar-refractivity contribution in [1.82, 2.24) is 0 Å². The predicted molar refractivity (Wildman–Crippen MR) is 57.4 cm³/mol. The fourth-order valence-corrected chi connectivity index (χ4v) is 1.50. The highest BCUT2D eigenvalue weighted by molar-refractivity contribution is 7.80. The van der Waals surface area contributed by atoms with Crippen molar-refractivity contribution >= 4 is 12.6 Å². The van der Waals surface area contributed by atoms with E-state index < -0.39 is 0 Å². The van der Waals surface area contributed by atoms with Gasteiger partial charge in [0.2, 0.25) is 0 Å². The van der Waals surface area contributed by atoms with Gasteiger partial charge >= 0.3 is 0 Å². The molecular formula is C10H20O2S. The third-order valence-electron chi connectivity index (χ3n) is 2.29. The van der Waals surface area contributed by atoms with Gasteiger partial charge in [-0.25, -0.2) is 0 Å². The molecule has 2 unspecified atom stereocenters. The predicted octanol–water partition coefficient (Wildman–Crippen LogP) is 2.14. The van der Waals surface area contributed by atoms with Crippen LogP contribution in [0.3, 0.4) is 0 Å². The van der Waals surface area contributed by atoms with Crippen LogP contribution in [0.2, 0.25) is 0 Å². The summed E-state index contributed by atoms with van der Waals surface area (Å²) in [4.78, 5) is 0. The fourth-order valence-electron chi connectivity index (χ4n) is 1.39. The molecule has 0 radical (unpaired) electrons. The second-order valence-electron chi connectivity index (χ2n) is 3.81. The molecule has 0 amide bonds. The van der Waals surface area contributed by atoms with Crippen molar-refractivity contribution < 1.29 is 9.47 Å². The van der Waals surface area contributed by atoms with Crippen LogP contribution in [-0.2, 0) is 9.47 Å². The maximum Gasteiger partial charge on any atom is 0.0808 e. The van der Waals surface area contributed by atoms with Gasteiger partial charge in [-0.05, 0) is 30.9 Å². The number of rotatable bonds is 5. The third-order valence-corrected chi connectivity index (χ3v) is 2.92. The van der Waals surface area contributed by atoms with E-state index in [2.05, 4.69) is 19.6 Å². The highest BCUT2D eigenvalue weighted by Gasteiger charge is 2.13. The monoisotopic (exact) mass is 204 g/mol. The summed E-state index contributed by atoms with van der Waals surface area (Å²) in [7, 11) is 0. The van der Waals surface area contributed by atoms with Crippen LogP contribution in [0.5, 0.6) is 0 Å². The lowest BCUT2D eigenvalue weighted by Gasteiger charge is -2.22. The Morgan fingerprint density at radius 3 is 3.00 bits per heavy atom. The molecule has 1 heterocycles. The van der Waals surface area contributed by atoms with E-state index in [9.17, 15) is 0 Å². The van der Waals surface area contributed by atoms with E-state index in [1.54, 1.807) is 0 Å². The molecule has 0 N–H and O–H groups in total. The highest BCUT2D eigenvalue weighted by Crippen LogP contribution is 2.13. The van der Waals surface area contributed by atoms with Gasteiger partial charge in [-0.3, -0.25) is 0 Å². The fraction of sp³-hybridized carbons (Fsp3) is 1.00. The lowest BCUT2D eigenvalue weighted by Crippen LogP contribution is -2.25. The summed E-state index contributed by atoms with van der Waals surface area (Å²) in [6.07, 6.45) is 4.01. The molecule has 13 heavy (non-hydrogen) atoms. The summed E-state index contributed by atoms with van der Waals surface area (Å²) in [5.74, 6) is 1.44. The average Bonchev–Trinajstić information content (AvgIpc) is 2.19. The smallest absolute Gasteiger partial charge is 0.0808 e. The van der Waals surface area contributed by atoms with E-state index in [1.807, 2.05) is 0 Å². The molecule has 3 heteroatoms. The number of hydrogen-bond acceptors (Lipinski definition) is 3. The van der Waals surface area contributed by atoms with Crippen molar-refractivity contribution in [3.05, 3.63) is 0 Å². The standard InChI is InChI=1S/C10H20O2S/c1-9(8-13)6-11-7-10-4-2-3-5-12-10/h9-10,13H,2-8H2,1H3. The van der Waals surface area contributed by atoms with Crippen molar-refractivity contribution in [2.45, 2.75) is 32.3 Å². The molecule has 1 fully saturated rings. The minimum atomic E-state index is 0.348. The molecule has 0 aromatic carbocycles. The van der Waals surface area contributed by atoms with Gasteiger partial charge in [0.25, 0.3) is 0 Å². The van der Waals surface area contributed by atoms with Crippen LogP contribution in [0.4, 0.5) is 0 Å². The van der Waals surface area contributed by atoms with Crippen LogP contribution in [0.15, 0.2) is 0 Å². The lowest BCUT2D eigenvalue weighted by atomic mass is 10.1. The van der Waals surface area contributed by atoms with E-state index in [1.165, 1.54) is 12.8 Å². The molecule has 1 aliphatic heterocycles. The first-order valence-corrected chi connectivity index (χ1v) is 5.76. The lowest BCUT2D eigenvalue weighted by molar-refractivity contribution is -0.0447. The molecule has 2 nitrogen and oxygen atoms in total. The van der Waals surface area contributed by atoms with Gasteiger partial charge in [0, 0.05) is 6.61 Å². The first-order chi connectivity index (χ1) is 6.33. The molecule has 0 aromatic rings. The molecule has 0 bridgehead atoms. The molecule has 78 valence electrons. The summed E-state index contributed by atoms with van der Waals surface area (Å²) in [6.45, 7) is 4.63. The SMILES string of the molecule is CC(CS)COCC1CCCCO1. The van der Waals surface area contributed by atoms with Crippen LogP contribution >= 0.6 is 12.6 Å². The van der Waals surface area contributed by atoms with E-state index in [4.69, 9.17) is 9.47 Å². The normalized spacial score (nSPS) is 25.8. The van der Waals surface area contributed by atoms with Crippen LogP contribution in [0.25, 0.3) is 0 Å². The third kappa shape index (κ3) is 4.89. The zero-order valence-electron chi connectivity index (χ0n) is 8.37. The summed E-state index contributed by atoms with van der Waals surface area (Å²) >= 11 is 4.20. The summed E-state index contributed by atoms with van der Waals surface area (Å²) < 4.78 is 11.1. The topological polar surface area (TPSA) is 18.5 Å². The Morgan fingerprint density at radius 1 is 1.54 bits per heavy atom. The highest BCUT2D eigenvalue weighted by atomic mass is 32.1. The van der Waals surface area contributed by atoms with Gasteiger partial charge in [-0.15, -0.1) is 0 Å². The number of thiol groups is 1. The van der Waals surface area contributed by atoms with Crippen LogP contribution in [0.1, 0.15) is 26.2 Å². The molecule has 2 atom stereocenters. The first-order valence-electron chi connectivity index (χ1n) is 5.13. The van der Waals surface area contributed by atoms with Crippen LogP contribution in [0, 0.1) is 5.92 Å². The van der Waals surface area contributed by atoms with Gasteiger partial charge in [0.05, 0.1) is 19.3 Å². The molecule has 0 saturated carbocycles. The molecular weight excluding hydrogens is 184 g/mol. The van der Waals surface area contributed by atoms with Gasteiger partial charge in [-0.1, -0.05) is 6.92 Å². The number of hydrogen-bond donors (Lipinski definition) is 1. The molecule has 1 rings (SSSR count). The Kier molecular flexibility index (Phi) is 5.83. The van der Waals surface area contributed by atoms with Crippen molar-refractivity contribution in [2.24, 2.45) is 5.92 Å². The Hall–Kier alpha value is 0.270. The largest absolute Gasteiger partial charge is 0.378 e. The van der Waals surface area contributed by atoms with Gasteiger partial charge in [0.1, 0.15) is 0 Å². The molecule has 0 spiro atoms. The Balaban J connectivity index is 1.98. The van der Waals surface area contributed by atoms with Crippen molar-refractivity contribution in [2.75, 3.05) is 25.6 Å². The Morgan fingerprint density at radius 2 is 2.38 bits per heavy atom. The van der Waals surface area contributed by atoms with Crippen molar-refractivity contribution in [3.8, 4) is 0 Å². The van der Waals surface area contributed by atoms with Gasteiger partial charge in [-0.2, -0.15) is 12.6 Å². The molecule has 0 aliphatic carbocycles. The Bertz CT molecular complexity index is 124. The quantitative estimate of drug-likeness (QED) is 0.692. The molecule has 0 aromatic heterocycles. The summed E-state index contributed by atoms with van der Waals surface area (Å²) in [5.41, 5.74) is 0. The average molecular weight is 204 g/mol. The Labute approximate surface area is 86.4 Å². The second-order valence-corrected chi connectivity index (χ2v) is 4.18. The van der Waals surface area contributed by atoms with Gasteiger partial charge in [0.15, 0.2) is 0 Å². The maximum absolute atomic E-state index is 5.55. The zero-order chi connectivity index (χ0) is 9.52. The minimum absolute atomic E-state index is 0.348. The van der Waals surface area contributed by atoms with Crippen LogP contribution < -0.4 is 0 Å². The van der Waals surface area contributed by atoms with E-state index in [0.717, 1.165) is 32.0 Å². The molecule has 1 aliphatic rings. The zero-order valence-corrected chi connectivity index (χ0v) is 9.26. The van der Waals surface area contributed by atoms with E-state index >= 15 is 0 Å². The number of ether oxygens (including phenoxy) is 2. The van der Waals surface area contributed by atoms with Crippen molar-refractivity contribution in [1.29, 1.82) is 0 Å².